The maximum absolute atomic E-state index is 11.9. The third kappa shape index (κ3) is 3.45. The molecule has 0 N–H and O–H groups in total. The molecular weight excluding hydrogens is 378 g/mol. The van der Waals surface area contributed by atoms with Gasteiger partial charge in [-0.1, -0.05) is 34.5 Å². The number of carbonyl (C=O) groups is 1. The molecule has 1 saturated carbocycles. The standard InChI is InChI=1S/C21H24BrNO2/c1-15-11-17(22)12-19(21(14-24)9-4-10-21)20(15)23(2)13-16-5-7-18(25-3)8-6-16/h5-8,11-12,14H,4,9-10,13H2,1-3H3. The Balaban J connectivity index is 1.96. The van der Waals surface area contributed by atoms with E-state index in [1.54, 1.807) is 7.11 Å². The van der Waals surface area contributed by atoms with Crippen molar-refractivity contribution in [2.45, 2.75) is 38.1 Å². The molecule has 2 aromatic rings. The maximum atomic E-state index is 11.9. The molecule has 0 saturated heterocycles. The van der Waals surface area contributed by atoms with Crippen LogP contribution in [-0.2, 0) is 16.8 Å². The lowest BCUT2D eigenvalue weighted by Gasteiger charge is -2.40. The average molecular weight is 402 g/mol. The Labute approximate surface area is 158 Å². The highest BCUT2D eigenvalue weighted by Gasteiger charge is 2.41. The van der Waals surface area contributed by atoms with Crippen molar-refractivity contribution in [1.29, 1.82) is 0 Å². The van der Waals surface area contributed by atoms with Crippen LogP contribution in [0, 0.1) is 6.92 Å². The van der Waals surface area contributed by atoms with E-state index in [-0.39, 0.29) is 5.41 Å². The summed E-state index contributed by atoms with van der Waals surface area (Å²) in [5, 5.41) is 0. The van der Waals surface area contributed by atoms with Gasteiger partial charge in [0.05, 0.1) is 12.5 Å². The zero-order chi connectivity index (χ0) is 18.0. The lowest BCUT2D eigenvalue weighted by molar-refractivity contribution is -0.115. The predicted molar refractivity (Wildman–Crippen MR) is 106 cm³/mol. The van der Waals surface area contributed by atoms with Gasteiger partial charge in [0.15, 0.2) is 0 Å². The van der Waals surface area contributed by atoms with Gasteiger partial charge in [-0.25, -0.2) is 0 Å². The normalized spacial score (nSPS) is 15.4. The van der Waals surface area contributed by atoms with Crippen LogP contribution in [0.5, 0.6) is 5.75 Å². The molecule has 0 atom stereocenters. The van der Waals surface area contributed by atoms with Crippen molar-refractivity contribution in [3.8, 4) is 5.75 Å². The van der Waals surface area contributed by atoms with Crippen LogP contribution in [0.15, 0.2) is 40.9 Å². The molecule has 3 nitrogen and oxygen atoms in total. The van der Waals surface area contributed by atoms with Gasteiger partial charge in [-0.15, -0.1) is 0 Å². The van der Waals surface area contributed by atoms with E-state index < -0.39 is 0 Å². The van der Waals surface area contributed by atoms with E-state index in [9.17, 15) is 4.79 Å². The highest BCUT2D eigenvalue weighted by molar-refractivity contribution is 9.10. The van der Waals surface area contributed by atoms with E-state index in [1.807, 2.05) is 12.1 Å². The Hall–Kier alpha value is -1.81. The van der Waals surface area contributed by atoms with E-state index in [1.165, 1.54) is 16.8 Å². The van der Waals surface area contributed by atoms with E-state index in [4.69, 9.17) is 4.74 Å². The molecule has 0 amide bonds. The summed E-state index contributed by atoms with van der Waals surface area (Å²) in [6, 6.07) is 12.4. The number of methoxy groups -OCH3 is 1. The Morgan fingerprint density at radius 3 is 2.44 bits per heavy atom. The summed E-state index contributed by atoms with van der Waals surface area (Å²) in [4.78, 5) is 14.1. The largest absolute Gasteiger partial charge is 0.497 e. The second-order valence-corrected chi connectivity index (χ2v) is 7.87. The number of ether oxygens (including phenoxy) is 1. The zero-order valence-corrected chi connectivity index (χ0v) is 16.6. The number of rotatable bonds is 6. The number of carbonyl (C=O) groups excluding carboxylic acids is 1. The smallest absolute Gasteiger partial charge is 0.130 e. The first kappa shape index (κ1) is 18.0. The Kier molecular flexibility index (Phi) is 5.19. The van der Waals surface area contributed by atoms with Crippen molar-refractivity contribution in [2.75, 3.05) is 19.1 Å². The minimum Gasteiger partial charge on any atom is -0.497 e. The number of hydrogen-bond donors (Lipinski definition) is 0. The van der Waals surface area contributed by atoms with Crippen LogP contribution in [0.1, 0.15) is 36.0 Å². The zero-order valence-electron chi connectivity index (χ0n) is 15.0. The van der Waals surface area contributed by atoms with Crippen molar-refractivity contribution in [3.05, 3.63) is 57.6 Å². The molecule has 4 heteroatoms. The first-order valence-electron chi connectivity index (χ1n) is 8.60. The van der Waals surface area contributed by atoms with Crippen molar-refractivity contribution < 1.29 is 9.53 Å². The Morgan fingerprint density at radius 2 is 1.92 bits per heavy atom. The molecule has 0 spiro atoms. The molecule has 1 aliphatic rings. The molecule has 1 aliphatic carbocycles. The van der Waals surface area contributed by atoms with Crippen molar-refractivity contribution >= 4 is 27.9 Å². The number of aryl methyl sites for hydroxylation is 1. The minimum absolute atomic E-state index is 0.321. The second-order valence-electron chi connectivity index (χ2n) is 6.95. The molecule has 0 heterocycles. The van der Waals surface area contributed by atoms with Gasteiger partial charge in [0, 0.05) is 23.8 Å². The van der Waals surface area contributed by atoms with E-state index in [2.05, 4.69) is 59.1 Å². The van der Waals surface area contributed by atoms with Crippen molar-refractivity contribution in [1.82, 2.24) is 0 Å². The lowest BCUT2D eigenvalue weighted by Crippen LogP contribution is -2.37. The number of hydrogen-bond acceptors (Lipinski definition) is 3. The summed E-state index contributed by atoms with van der Waals surface area (Å²) in [5.41, 5.74) is 4.40. The molecule has 3 rings (SSSR count). The molecule has 2 aromatic carbocycles. The van der Waals surface area contributed by atoms with Crippen LogP contribution in [0.4, 0.5) is 5.69 Å². The van der Waals surface area contributed by atoms with Crippen LogP contribution in [0.2, 0.25) is 0 Å². The minimum atomic E-state index is -0.321. The number of halogens is 1. The number of anilines is 1. The Morgan fingerprint density at radius 1 is 1.24 bits per heavy atom. The SMILES string of the molecule is COc1ccc(CN(C)c2c(C)cc(Br)cc2C2(C=O)CCC2)cc1. The van der Waals surface area contributed by atoms with Crippen molar-refractivity contribution in [3.63, 3.8) is 0 Å². The third-order valence-electron chi connectivity index (χ3n) is 5.23. The average Bonchev–Trinajstić information content (AvgIpc) is 2.54. The predicted octanol–water partition coefficient (Wildman–Crippen LogP) is 5.02. The monoisotopic (exact) mass is 401 g/mol. The van der Waals surface area contributed by atoms with Gasteiger partial charge in [-0.2, -0.15) is 0 Å². The topological polar surface area (TPSA) is 29.5 Å². The number of benzene rings is 2. The van der Waals surface area contributed by atoms with Gasteiger partial charge in [0.25, 0.3) is 0 Å². The van der Waals surface area contributed by atoms with Crippen LogP contribution in [-0.4, -0.2) is 20.4 Å². The van der Waals surface area contributed by atoms with E-state index in [0.717, 1.165) is 47.9 Å². The fourth-order valence-electron chi connectivity index (χ4n) is 3.71. The van der Waals surface area contributed by atoms with Gasteiger partial charge in [0.2, 0.25) is 0 Å². The summed E-state index contributed by atoms with van der Waals surface area (Å²) in [6.07, 6.45) is 4.15. The van der Waals surface area contributed by atoms with Crippen LogP contribution >= 0.6 is 15.9 Å². The summed E-state index contributed by atoms with van der Waals surface area (Å²) >= 11 is 3.61. The molecule has 0 aliphatic heterocycles. The van der Waals surface area contributed by atoms with E-state index >= 15 is 0 Å². The van der Waals surface area contributed by atoms with Crippen molar-refractivity contribution in [2.24, 2.45) is 0 Å². The quantitative estimate of drug-likeness (QED) is 0.636. The fraction of sp³-hybridized carbons (Fsp3) is 0.381. The summed E-state index contributed by atoms with van der Waals surface area (Å²) in [7, 11) is 3.78. The van der Waals surface area contributed by atoms with E-state index in [0.29, 0.717) is 0 Å². The first-order chi connectivity index (χ1) is 12.0. The molecule has 0 unspecified atom stereocenters. The Bertz CT molecular complexity index is 766. The summed E-state index contributed by atoms with van der Waals surface area (Å²) in [6.45, 7) is 2.90. The third-order valence-corrected chi connectivity index (χ3v) is 5.69. The molecule has 132 valence electrons. The van der Waals surface area contributed by atoms with Gasteiger partial charge >= 0.3 is 0 Å². The number of nitrogens with zero attached hydrogens (tertiary/aromatic N) is 1. The summed E-state index contributed by atoms with van der Waals surface area (Å²) < 4.78 is 6.27. The summed E-state index contributed by atoms with van der Waals surface area (Å²) in [5.74, 6) is 0.862. The molecule has 0 bridgehead atoms. The van der Waals surface area contributed by atoms with Crippen LogP contribution in [0.25, 0.3) is 0 Å². The lowest BCUT2D eigenvalue weighted by atomic mass is 9.64. The van der Waals surface area contributed by atoms with Gasteiger partial charge in [0.1, 0.15) is 12.0 Å². The maximum Gasteiger partial charge on any atom is 0.130 e. The highest BCUT2D eigenvalue weighted by Crippen LogP contribution is 2.47. The molecule has 0 aromatic heterocycles. The second kappa shape index (κ2) is 7.20. The van der Waals surface area contributed by atoms with Gasteiger partial charge in [-0.05, 0) is 60.7 Å². The highest BCUT2D eigenvalue weighted by atomic mass is 79.9. The number of aldehydes is 1. The molecule has 0 radical (unpaired) electrons. The van der Waals surface area contributed by atoms with Gasteiger partial charge in [-0.3, -0.25) is 0 Å². The van der Waals surface area contributed by atoms with Crippen LogP contribution < -0.4 is 9.64 Å². The first-order valence-corrected chi connectivity index (χ1v) is 9.39. The molecule has 25 heavy (non-hydrogen) atoms. The fourth-order valence-corrected chi connectivity index (χ4v) is 4.29. The van der Waals surface area contributed by atoms with Gasteiger partial charge < -0.3 is 14.4 Å². The molecular formula is C21H24BrNO2. The molecule has 1 fully saturated rings. The van der Waals surface area contributed by atoms with Crippen LogP contribution in [0.3, 0.4) is 0 Å².